The largest absolute Gasteiger partial charge is 0.353 e. The van der Waals surface area contributed by atoms with Gasteiger partial charge in [-0.15, -0.1) is 11.3 Å². The van der Waals surface area contributed by atoms with Crippen LogP contribution in [0.1, 0.15) is 11.8 Å². The number of hydrogen-bond acceptors (Lipinski definition) is 5. The van der Waals surface area contributed by atoms with Crippen molar-refractivity contribution in [1.29, 1.82) is 0 Å². The molecule has 1 fully saturated rings. The number of piperazine rings is 1. The van der Waals surface area contributed by atoms with Crippen LogP contribution in [0.25, 0.3) is 21.3 Å². The van der Waals surface area contributed by atoms with Crippen LogP contribution in [0.15, 0.2) is 35.1 Å². The standard InChI is InChI=1S/C19H21BrN4S/c1-3-15-16(13-4-6-14(20)7-5-13)17-18(21-12-22-19(17)25-15)24-10-8-23(2)9-11-24/h4-7,12H,3,8-11H2,1-2H3. The molecule has 4 nitrogen and oxygen atoms in total. The van der Waals surface area contributed by atoms with Crippen LogP contribution in [0.3, 0.4) is 0 Å². The van der Waals surface area contributed by atoms with E-state index >= 15 is 0 Å². The van der Waals surface area contributed by atoms with Gasteiger partial charge in [-0.1, -0.05) is 35.0 Å². The average molecular weight is 417 g/mol. The fraction of sp³-hybridized carbons (Fsp3) is 0.368. The summed E-state index contributed by atoms with van der Waals surface area (Å²) in [6.45, 7) is 6.39. The van der Waals surface area contributed by atoms with Gasteiger partial charge in [0.25, 0.3) is 0 Å². The molecule has 0 amide bonds. The molecule has 0 bridgehead atoms. The minimum Gasteiger partial charge on any atom is -0.353 e. The van der Waals surface area contributed by atoms with E-state index in [1.807, 2.05) is 0 Å². The Labute approximate surface area is 160 Å². The maximum absolute atomic E-state index is 4.70. The molecule has 0 N–H and O–H groups in total. The Kier molecular flexibility index (Phi) is 4.75. The number of hydrogen-bond donors (Lipinski definition) is 0. The Morgan fingerprint density at radius 2 is 1.80 bits per heavy atom. The minimum atomic E-state index is 1.01. The first-order valence-corrected chi connectivity index (χ1v) is 10.2. The number of aryl methyl sites for hydroxylation is 1. The molecule has 1 aliphatic heterocycles. The number of likely N-dealkylation sites (N-methyl/N-ethyl adjacent to an activating group) is 1. The van der Waals surface area contributed by atoms with Crippen LogP contribution in [0.2, 0.25) is 0 Å². The highest BCUT2D eigenvalue weighted by Gasteiger charge is 2.23. The van der Waals surface area contributed by atoms with Crippen molar-refractivity contribution in [1.82, 2.24) is 14.9 Å². The van der Waals surface area contributed by atoms with Crippen molar-refractivity contribution in [2.75, 3.05) is 38.1 Å². The maximum atomic E-state index is 4.70. The fourth-order valence-electron chi connectivity index (χ4n) is 3.39. The van der Waals surface area contributed by atoms with Crippen LogP contribution in [-0.2, 0) is 6.42 Å². The topological polar surface area (TPSA) is 32.3 Å². The zero-order valence-electron chi connectivity index (χ0n) is 14.5. The number of halogens is 1. The van der Waals surface area contributed by atoms with Gasteiger partial charge in [-0.2, -0.15) is 0 Å². The third kappa shape index (κ3) is 3.18. The van der Waals surface area contributed by atoms with Gasteiger partial charge in [0, 0.05) is 41.1 Å². The van der Waals surface area contributed by atoms with Gasteiger partial charge in [-0.25, -0.2) is 9.97 Å². The molecule has 0 unspecified atom stereocenters. The van der Waals surface area contributed by atoms with Crippen molar-refractivity contribution in [3.05, 3.63) is 39.9 Å². The van der Waals surface area contributed by atoms with Gasteiger partial charge in [0.2, 0.25) is 0 Å². The van der Waals surface area contributed by atoms with Crippen LogP contribution in [-0.4, -0.2) is 48.1 Å². The second-order valence-corrected chi connectivity index (χ2v) is 8.43. The highest BCUT2D eigenvalue weighted by atomic mass is 79.9. The van der Waals surface area contributed by atoms with E-state index in [2.05, 4.69) is 69.0 Å². The van der Waals surface area contributed by atoms with E-state index in [1.54, 1.807) is 17.7 Å². The fourth-order valence-corrected chi connectivity index (χ4v) is 4.75. The quantitative estimate of drug-likeness (QED) is 0.631. The Balaban J connectivity index is 1.90. The van der Waals surface area contributed by atoms with E-state index in [4.69, 9.17) is 4.98 Å². The molecule has 0 saturated carbocycles. The lowest BCUT2D eigenvalue weighted by Gasteiger charge is -2.33. The molecular weight excluding hydrogens is 396 g/mol. The average Bonchev–Trinajstić information content (AvgIpc) is 3.02. The molecular formula is C19H21BrN4S. The Bertz CT molecular complexity index is 882. The molecule has 6 heteroatoms. The first-order chi connectivity index (χ1) is 12.2. The molecule has 0 radical (unpaired) electrons. The Morgan fingerprint density at radius 1 is 1.08 bits per heavy atom. The van der Waals surface area contributed by atoms with Gasteiger partial charge in [0.1, 0.15) is 17.0 Å². The number of fused-ring (bicyclic) bond motifs is 1. The van der Waals surface area contributed by atoms with Gasteiger partial charge >= 0.3 is 0 Å². The van der Waals surface area contributed by atoms with E-state index in [0.29, 0.717) is 0 Å². The van der Waals surface area contributed by atoms with E-state index in [0.717, 1.165) is 47.7 Å². The molecule has 4 rings (SSSR count). The molecule has 2 aromatic heterocycles. The molecule has 0 aliphatic carbocycles. The minimum absolute atomic E-state index is 1.01. The number of benzene rings is 1. The molecule has 0 atom stereocenters. The van der Waals surface area contributed by atoms with Crippen LogP contribution in [0.4, 0.5) is 5.82 Å². The molecule has 130 valence electrons. The Hall–Kier alpha value is -1.50. The highest BCUT2D eigenvalue weighted by molar-refractivity contribution is 9.10. The zero-order chi connectivity index (χ0) is 17.4. The molecule has 1 aliphatic rings. The SMILES string of the molecule is CCc1sc2ncnc(N3CCN(C)CC3)c2c1-c1ccc(Br)cc1. The van der Waals surface area contributed by atoms with Crippen molar-refractivity contribution in [3.8, 4) is 11.1 Å². The number of nitrogens with zero attached hydrogens (tertiary/aromatic N) is 4. The third-order valence-corrected chi connectivity index (χ3v) is 6.57. The van der Waals surface area contributed by atoms with Gasteiger partial charge in [-0.05, 0) is 31.2 Å². The number of thiophene rings is 1. The van der Waals surface area contributed by atoms with Crippen LogP contribution < -0.4 is 4.90 Å². The van der Waals surface area contributed by atoms with Crippen molar-refractivity contribution < 1.29 is 0 Å². The van der Waals surface area contributed by atoms with Gasteiger partial charge in [0.05, 0.1) is 5.39 Å². The smallest absolute Gasteiger partial charge is 0.141 e. The van der Waals surface area contributed by atoms with E-state index in [9.17, 15) is 0 Å². The van der Waals surface area contributed by atoms with Crippen molar-refractivity contribution in [2.24, 2.45) is 0 Å². The van der Waals surface area contributed by atoms with Crippen LogP contribution in [0.5, 0.6) is 0 Å². The summed E-state index contributed by atoms with van der Waals surface area (Å²) in [5.74, 6) is 1.09. The van der Waals surface area contributed by atoms with Crippen molar-refractivity contribution in [3.63, 3.8) is 0 Å². The van der Waals surface area contributed by atoms with Crippen LogP contribution in [0, 0.1) is 0 Å². The summed E-state index contributed by atoms with van der Waals surface area (Å²) in [6.07, 6.45) is 2.73. The summed E-state index contributed by atoms with van der Waals surface area (Å²) in [5.41, 5.74) is 2.56. The second-order valence-electron chi connectivity index (χ2n) is 6.43. The van der Waals surface area contributed by atoms with E-state index < -0.39 is 0 Å². The van der Waals surface area contributed by atoms with Gasteiger partial charge < -0.3 is 9.80 Å². The molecule has 3 aromatic rings. The summed E-state index contributed by atoms with van der Waals surface area (Å²) in [5, 5.41) is 1.22. The molecule has 0 spiro atoms. The monoisotopic (exact) mass is 416 g/mol. The maximum Gasteiger partial charge on any atom is 0.141 e. The second kappa shape index (κ2) is 7.02. The van der Waals surface area contributed by atoms with E-state index in [-0.39, 0.29) is 0 Å². The molecule has 3 heterocycles. The molecule has 1 saturated heterocycles. The van der Waals surface area contributed by atoms with E-state index in [1.165, 1.54) is 21.4 Å². The summed E-state index contributed by atoms with van der Waals surface area (Å²) in [4.78, 5) is 16.6. The van der Waals surface area contributed by atoms with Crippen molar-refractivity contribution in [2.45, 2.75) is 13.3 Å². The highest BCUT2D eigenvalue weighted by Crippen LogP contribution is 2.42. The number of aromatic nitrogens is 2. The summed E-state index contributed by atoms with van der Waals surface area (Å²) in [6, 6.07) is 8.59. The third-order valence-electron chi connectivity index (χ3n) is 4.80. The molecule has 1 aromatic carbocycles. The lowest BCUT2D eigenvalue weighted by molar-refractivity contribution is 0.312. The first kappa shape index (κ1) is 16.9. The summed E-state index contributed by atoms with van der Waals surface area (Å²) in [7, 11) is 2.18. The first-order valence-electron chi connectivity index (χ1n) is 8.63. The lowest BCUT2D eigenvalue weighted by atomic mass is 10.0. The van der Waals surface area contributed by atoms with Gasteiger partial charge in [0.15, 0.2) is 0 Å². The lowest BCUT2D eigenvalue weighted by Crippen LogP contribution is -2.44. The summed E-state index contributed by atoms with van der Waals surface area (Å²) < 4.78 is 1.10. The van der Waals surface area contributed by atoms with Crippen molar-refractivity contribution >= 4 is 43.3 Å². The van der Waals surface area contributed by atoms with Crippen LogP contribution >= 0.6 is 27.3 Å². The predicted octanol–water partition coefficient (Wildman–Crippen LogP) is 4.44. The predicted molar refractivity (Wildman–Crippen MR) is 110 cm³/mol. The molecule has 25 heavy (non-hydrogen) atoms. The summed E-state index contributed by atoms with van der Waals surface area (Å²) >= 11 is 5.34. The zero-order valence-corrected chi connectivity index (χ0v) is 16.9. The van der Waals surface area contributed by atoms with Gasteiger partial charge in [-0.3, -0.25) is 0 Å². The number of anilines is 1. The normalized spacial score (nSPS) is 15.9. The number of rotatable bonds is 3. The Morgan fingerprint density at radius 3 is 2.48 bits per heavy atom.